The highest BCUT2D eigenvalue weighted by atomic mass is 35.5. The molecule has 0 saturated heterocycles. The first-order chi connectivity index (χ1) is 9.74. The number of rotatable bonds is 3. The highest BCUT2D eigenvalue weighted by Gasteiger charge is 2.24. The average molecular weight is 290 g/mol. The van der Waals surface area contributed by atoms with Gasteiger partial charge in [0.15, 0.2) is 0 Å². The highest BCUT2D eigenvalue weighted by Crippen LogP contribution is 2.38. The van der Waals surface area contributed by atoms with Gasteiger partial charge in [-0.25, -0.2) is 4.98 Å². The molecule has 1 N–H and O–H groups in total. The zero-order valence-electron chi connectivity index (χ0n) is 11.0. The lowest BCUT2D eigenvalue weighted by Gasteiger charge is -2.27. The third-order valence-electron chi connectivity index (χ3n) is 3.73. The van der Waals surface area contributed by atoms with Crippen LogP contribution in [0.3, 0.4) is 0 Å². The first-order valence-corrected chi connectivity index (χ1v) is 7.13. The van der Waals surface area contributed by atoms with Crippen molar-refractivity contribution in [3.05, 3.63) is 58.9 Å². The fraction of sp³-hybridized carbons (Fsp3) is 0.312. The van der Waals surface area contributed by atoms with E-state index in [1.807, 2.05) is 24.3 Å². The van der Waals surface area contributed by atoms with E-state index in [4.69, 9.17) is 16.3 Å². The molecule has 2 heterocycles. The maximum Gasteiger partial charge on any atom is 0.129 e. The van der Waals surface area contributed by atoms with E-state index in [-0.39, 0.29) is 0 Å². The van der Waals surface area contributed by atoms with Gasteiger partial charge < -0.3 is 9.84 Å². The van der Waals surface area contributed by atoms with E-state index in [2.05, 4.69) is 11.1 Å². The van der Waals surface area contributed by atoms with Crippen LogP contribution in [0.5, 0.6) is 5.75 Å². The first kappa shape index (κ1) is 13.4. The molecule has 0 aliphatic carbocycles. The molecule has 0 amide bonds. The van der Waals surface area contributed by atoms with Crippen molar-refractivity contribution in [1.82, 2.24) is 4.98 Å². The molecule has 0 fully saturated rings. The number of hydrogen-bond acceptors (Lipinski definition) is 3. The minimum Gasteiger partial charge on any atom is -0.493 e. The smallest absolute Gasteiger partial charge is 0.129 e. The molecule has 1 aromatic carbocycles. The van der Waals surface area contributed by atoms with Gasteiger partial charge >= 0.3 is 0 Å². The summed E-state index contributed by atoms with van der Waals surface area (Å²) in [5.74, 6) is 1.25. The van der Waals surface area contributed by atoms with E-state index >= 15 is 0 Å². The normalized spacial score (nSPS) is 19.0. The summed E-state index contributed by atoms with van der Waals surface area (Å²) >= 11 is 5.77. The lowest BCUT2D eigenvalue weighted by atomic mass is 9.87. The topological polar surface area (TPSA) is 42.4 Å². The van der Waals surface area contributed by atoms with Gasteiger partial charge in [-0.2, -0.15) is 0 Å². The Morgan fingerprint density at radius 1 is 1.30 bits per heavy atom. The van der Waals surface area contributed by atoms with Crippen molar-refractivity contribution in [2.24, 2.45) is 0 Å². The standard InChI is InChI=1S/C16H16ClNO2/c17-16-6-5-12(10-18-16)14(19)9-11-7-8-20-15-4-2-1-3-13(11)15/h1-6,10-11,14,19H,7-9H2. The minimum absolute atomic E-state index is 0.311. The third kappa shape index (κ3) is 2.79. The van der Waals surface area contributed by atoms with Crippen molar-refractivity contribution in [3.63, 3.8) is 0 Å². The maximum absolute atomic E-state index is 10.4. The summed E-state index contributed by atoms with van der Waals surface area (Å²) < 4.78 is 5.65. The van der Waals surface area contributed by atoms with E-state index in [9.17, 15) is 5.11 Å². The van der Waals surface area contributed by atoms with Crippen LogP contribution in [0.1, 0.15) is 36.0 Å². The first-order valence-electron chi connectivity index (χ1n) is 6.75. The maximum atomic E-state index is 10.4. The molecule has 1 aliphatic rings. The molecule has 0 saturated carbocycles. The molecule has 104 valence electrons. The number of para-hydroxylation sites is 1. The number of aliphatic hydroxyl groups is 1. The number of halogens is 1. The zero-order chi connectivity index (χ0) is 13.9. The van der Waals surface area contributed by atoms with Crippen molar-refractivity contribution >= 4 is 11.6 Å². The van der Waals surface area contributed by atoms with Crippen molar-refractivity contribution in [2.45, 2.75) is 24.9 Å². The molecule has 0 bridgehead atoms. The number of ether oxygens (including phenoxy) is 1. The van der Waals surface area contributed by atoms with Gasteiger partial charge in [0.05, 0.1) is 12.7 Å². The van der Waals surface area contributed by atoms with Gasteiger partial charge in [-0.05, 0) is 42.0 Å². The van der Waals surface area contributed by atoms with Crippen LogP contribution < -0.4 is 4.74 Å². The number of hydrogen-bond donors (Lipinski definition) is 1. The molecule has 2 unspecified atom stereocenters. The van der Waals surface area contributed by atoms with Crippen LogP contribution in [-0.4, -0.2) is 16.7 Å². The monoisotopic (exact) mass is 289 g/mol. The summed E-state index contributed by atoms with van der Waals surface area (Å²) in [5, 5.41) is 10.8. The second-order valence-electron chi connectivity index (χ2n) is 5.04. The van der Waals surface area contributed by atoms with Crippen LogP contribution in [0.2, 0.25) is 5.15 Å². The minimum atomic E-state index is -0.532. The average Bonchev–Trinajstić information content (AvgIpc) is 2.48. The number of pyridine rings is 1. The van der Waals surface area contributed by atoms with Crippen LogP contribution in [0.15, 0.2) is 42.6 Å². The summed E-state index contributed by atoms with van der Waals surface area (Å²) in [4.78, 5) is 4.02. The van der Waals surface area contributed by atoms with Crippen LogP contribution in [-0.2, 0) is 0 Å². The molecular weight excluding hydrogens is 274 g/mol. The van der Waals surface area contributed by atoms with E-state index in [0.717, 1.165) is 17.7 Å². The molecule has 3 rings (SSSR count). The molecule has 0 radical (unpaired) electrons. The van der Waals surface area contributed by atoms with E-state index in [0.29, 0.717) is 24.1 Å². The van der Waals surface area contributed by atoms with Crippen molar-refractivity contribution in [2.75, 3.05) is 6.61 Å². The van der Waals surface area contributed by atoms with E-state index in [1.165, 1.54) is 5.56 Å². The summed E-state index contributed by atoms with van der Waals surface area (Å²) in [6, 6.07) is 11.6. The molecule has 1 aromatic heterocycles. The van der Waals surface area contributed by atoms with Crippen molar-refractivity contribution in [1.29, 1.82) is 0 Å². The van der Waals surface area contributed by atoms with Gasteiger partial charge in [-0.15, -0.1) is 0 Å². The number of aromatic nitrogens is 1. The van der Waals surface area contributed by atoms with Crippen molar-refractivity contribution < 1.29 is 9.84 Å². The van der Waals surface area contributed by atoms with E-state index < -0.39 is 6.10 Å². The van der Waals surface area contributed by atoms with Gasteiger partial charge in [0.1, 0.15) is 10.9 Å². The Bertz CT molecular complexity index is 585. The molecule has 4 heteroatoms. The second kappa shape index (κ2) is 5.81. The lowest BCUT2D eigenvalue weighted by Crippen LogP contribution is -2.16. The second-order valence-corrected chi connectivity index (χ2v) is 5.42. The van der Waals surface area contributed by atoms with Crippen LogP contribution in [0.4, 0.5) is 0 Å². The predicted octanol–water partition coefficient (Wildman–Crippen LogP) is 3.72. The van der Waals surface area contributed by atoms with Gasteiger partial charge in [0.2, 0.25) is 0 Å². The number of benzene rings is 1. The van der Waals surface area contributed by atoms with Gasteiger partial charge in [0, 0.05) is 6.20 Å². The number of nitrogens with zero attached hydrogens (tertiary/aromatic N) is 1. The largest absolute Gasteiger partial charge is 0.493 e. The molecule has 3 nitrogen and oxygen atoms in total. The van der Waals surface area contributed by atoms with Gasteiger partial charge in [0.25, 0.3) is 0 Å². The predicted molar refractivity (Wildman–Crippen MR) is 78.1 cm³/mol. The number of fused-ring (bicyclic) bond motifs is 1. The Kier molecular flexibility index (Phi) is 3.90. The van der Waals surface area contributed by atoms with Gasteiger partial charge in [-0.3, -0.25) is 0 Å². The lowest BCUT2D eigenvalue weighted by molar-refractivity contribution is 0.145. The van der Waals surface area contributed by atoms with Gasteiger partial charge in [-0.1, -0.05) is 35.9 Å². The Morgan fingerprint density at radius 2 is 2.15 bits per heavy atom. The quantitative estimate of drug-likeness (QED) is 0.876. The molecule has 20 heavy (non-hydrogen) atoms. The van der Waals surface area contributed by atoms with E-state index in [1.54, 1.807) is 12.3 Å². The fourth-order valence-electron chi connectivity index (χ4n) is 2.65. The summed E-state index contributed by atoms with van der Waals surface area (Å²) in [5.41, 5.74) is 1.98. The molecular formula is C16H16ClNO2. The molecule has 0 spiro atoms. The Balaban J connectivity index is 1.77. The Morgan fingerprint density at radius 3 is 2.95 bits per heavy atom. The van der Waals surface area contributed by atoms with Crippen LogP contribution in [0.25, 0.3) is 0 Å². The third-order valence-corrected chi connectivity index (χ3v) is 3.95. The zero-order valence-corrected chi connectivity index (χ0v) is 11.8. The summed E-state index contributed by atoms with van der Waals surface area (Å²) in [7, 11) is 0. The fourth-order valence-corrected chi connectivity index (χ4v) is 2.76. The van der Waals surface area contributed by atoms with Crippen LogP contribution >= 0.6 is 11.6 Å². The SMILES string of the molecule is OC(CC1CCOc2ccccc21)c1ccc(Cl)nc1. The van der Waals surface area contributed by atoms with Crippen LogP contribution in [0, 0.1) is 0 Å². The summed E-state index contributed by atoms with van der Waals surface area (Å²) in [6.45, 7) is 0.702. The number of aliphatic hydroxyl groups excluding tert-OH is 1. The molecule has 2 aromatic rings. The summed E-state index contributed by atoms with van der Waals surface area (Å²) in [6.07, 6.45) is 2.70. The molecule has 2 atom stereocenters. The molecule has 1 aliphatic heterocycles. The Hall–Kier alpha value is -1.58. The Labute approximate surface area is 123 Å². The van der Waals surface area contributed by atoms with Crippen molar-refractivity contribution in [3.8, 4) is 5.75 Å². The highest BCUT2D eigenvalue weighted by molar-refractivity contribution is 6.29.